The molecule has 0 spiro atoms. The van der Waals surface area contributed by atoms with Crippen molar-refractivity contribution in [2.24, 2.45) is 0 Å². The molecule has 0 aliphatic heterocycles. The van der Waals surface area contributed by atoms with Crippen molar-refractivity contribution in [1.82, 2.24) is 0 Å². The molecule has 14 heavy (non-hydrogen) atoms. The normalized spacial score (nSPS) is 11.9. The SMILES string of the molecule is CC(C)S(=O)(=O)c1ccsc1C(=O)O. The van der Waals surface area contributed by atoms with Gasteiger partial charge in [-0.25, -0.2) is 13.2 Å². The van der Waals surface area contributed by atoms with Gasteiger partial charge in [-0.3, -0.25) is 0 Å². The largest absolute Gasteiger partial charge is 0.477 e. The second-order valence-electron chi connectivity index (χ2n) is 3.01. The minimum absolute atomic E-state index is 0.0787. The lowest BCUT2D eigenvalue weighted by Gasteiger charge is -2.06. The highest BCUT2D eigenvalue weighted by Crippen LogP contribution is 2.25. The van der Waals surface area contributed by atoms with Crippen molar-refractivity contribution in [2.45, 2.75) is 24.0 Å². The second-order valence-corrected chi connectivity index (χ2v) is 6.40. The molecule has 1 aromatic heterocycles. The summed E-state index contributed by atoms with van der Waals surface area (Å²) in [6, 6.07) is 1.34. The molecular formula is C8H10O4S2. The van der Waals surface area contributed by atoms with Crippen LogP contribution in [0.3, 0.4) is 0 Å². The summed E-state index contributed by atoms with van der Waals surface area (Å²) in [5.41, 5.74) is 0. The van der Waals surface area contributed by atoms with Gasteiger partial charge in [-0.1, -0.05) is 0 Å². The zero-order chi connectivity index (χ0) is 10.9. The van der Waals surface area contributed by atoms with Crippen LogP contribution in [0, 0.1) is 0 Å². The van der Waals surface area contributed by atoms with E-state index in [1.807, 2.05) is 0 Å². The summed E-state index contributed by atoms with van der Waals surface area (Å²) in [4.78, 5) is 10.5. The van der Waals surface area contributed by atoms with E-state index in [1.54, 1.807) is 0 Å². The van der Waals surface area contributed by atoms with Gasteiger partial charge in [0.1, 0.15) is 4.88 Å². The molecule has 0 aliphatic rings. The van der Waals surface area contributed by atoms with Gasteiger partial charge in [0.25, 0.3) is 0 Å². The fraction of sp³-hybridized carbons (Fsp3) is 0.375. The number of aromatic carboxylic acids is 1. The van der Waals surface area contributed by atoms with E-state index in [4.69, 9.17) is 5.11 Å². The van der Waals surface area contributed by atoms with Crippen LogP contribution in [-0.4, -0.2) is 24.7 Å². The molecule has 1 rings (SSSR count). The predicted octanol–water partition coefficient (Wildman–Crippen LogP) is 1.63. The molecule has 0 amide bonds. The fourth-order valence-electron chi connectivity index (χ4n) is 0.931. The van der Waals surface area contributed by atoms with E-state index in [1.165, 1.54) is 25.3 Å². The van der Waals surface area contributed by atoms with Crippen LogP contribution in [0.25, 0.3) is 0 Å². The maximum Gasteiger partial charge on any atom is 0.347 e. The van der Waals surface area contributed by atoms with Gasteiger partial charge in [-0.15, -0.1) is 11.3 Å². The third-order valence-electron chi connectivity index (χ3n) is 1.75. The maximum atomic E-state index is 11.7. The molecule has 78 valence electrons. The lowest BCUT2D eigenvalue weighted by molar-refractivity contribution is 0.0698. The number of hydrogen-bond acceptors (Lipinski definition) is 4. The highest BCUT2D eigenvalue weighted by molar-refractivity contribution is 7.92. The first-order valence-electron chi connectivity index (χ1n) is 3.92. The van der Waals surface area contributed by atoms with Crippen LogP contribution in [0.4, 0.5) is 0 Å². The molecule has 1 N–H and O–H groups in total. The molecule has 0 atom stereocenters. The monoisotopic (exact) mass is 234 g/mol. The molecule has 0 aliphatic carbocycles. The Morgan fingerprint density at radius 3 is 2.50 bits per heavy atom. The summed E-state index contributed by atoms with van der Waals surface area (Å²) in [6.07, 6.45) is 0. The molecule has 0 saturated heterocycles. The molecule has 0 bridgehead atoms. The summed E-state index contributed by atoms with van der Waals surface area (Å²) < 4.78 is 23.3. The summed E-state index contributed by atoms with van der Waals surface area (Å²) in [6.45, 7) is 3.05. The number of rotatable bonds is 3. The Balaban J connectivity index is 3.34. The van der Waals surface area contributed by atoms with E-state index in [2.05, 4.69) is 0 Å². The van der Waals surface area contributed by atoms with Crippen molar-refractivity contribution in [3.8, 4) is 0 Å². The Labute approximate surface area is 86.1 Å². The van der Waals surface area contributed by atoms with Gasteiger partial charge in [0, 0.05) is 0 Å². The maximum absolute atomic E-state index is 11.7. The number of carbonyl (C=O) groups is 1. The number of hydrogen-bond donors (Lipinski definition) is 1. The first-order valence-corrected chi connectivity index (χ1v) is 6.34. The van der Waals surface area contributed by atoms with Gasteiger partial charge in [-0.2, -0.15) is 0 Å². The minimum atomic E-state index is -3.48. The average Bonchev–Trinajstić information content (AvgIpc) is 2.51. The van der Waals surface area contributed by atoms with E-state index in [0.29, 0.717) is 0 Å². The van der Waals surface area contributed by atoms with Crippen LogP contribution in [-0.2, 0) is 9.84 Å². The quantitative estimate of drug-likeness (QED) is 0.862. The van der Waals surface area contributed by atoms with Gasteiger partial charge in [0.15, 0.2) is 9.84 Å². The van der Waals surface area contributed by atoms with Gasteiger partial charge in [0.2, 0.25) is 0 Å². The average molecular weight is 234 g/mol. The Hall–Kier alpha value is -0.880. The minimum Gasteiger partial charge on any atom is -0.477 e. The molecule has 0 fully saturated rings. The Bertz CT molecular complexity index is 442. The zero-order valence-electron chi connectivity index (χ0n) is 7.72. The van der Waals surface area contributed by atoms with Crippen molar-refractivity contribution in [1.29, 1.82) is 0 Å². The Morgan fingerprint density at radius 1 is 1.50 bits per heavy atom. The van der Waals surface area contributed by atoms with Crippen LogP contribution in [0.15, 0.2) is 16.3 Å². The molecule has 6 heteroatoms. The summed E-state index contributed by atoms with van der Waals surface area (Å²) in [5.74, 6) is -1.20. The second kappa shape index (κ2) is 3.70. The van der Waals surface area contributed by atoms with Crippen molar-refractivity contribution in [3.05, 3.63) is 16.3 Å². The molecule has 0 radical (unpaired) electrons. The molecule has 0 saturated carbocycles. The molecular weight excluding hydrogens is 224 g/mol. The van der Waals surface area contributed by atoms with Crippen molar-refractivity contribution in [2.75, 3.05) is 0 Å². The van der Waals surface area contributed by atoms with Crippen LogP contribution in [0.1, 0.15) is 23.5 Å². The van der Waals surface area contributed by atoms with Crippen molar-refractivity contribution >= 4 is 27.1 Å². The third kappa shape index (κ3) is 1.80. The highest BCUT2D eigenvalue weighted by Gasteiger charge is 2.26. The van der Waals surface area contributed by atoms with E-state index in [-0.39, 0.29) is 9.77 Å². The standard InChI is InChI=1S/C8H10O4S2/c1-5(2)14(11,12)6-3-4-13-7(6)8(9)10/h3-5H,1-2H3,(H,9,10). The first-order chi connectivity index (χ1) is 6.37. The fourth-order valence-corrected chi connectivity index (χ4v) is 3.25. The molecule has 0 unspecified atom stereocenters. The summed E-state index contributed by atoms with van der Waals surface area (Å²) in [7, 11) is -3.48. The first kappa shape index (κ1) is 11.2. The van der Waals surface area contributed by atoms with E-state index in [9.17, 15) is 13.2 Å². The van der Waals surface area contributed by atoms with Gasteiger partial charge in [0.05, 0.1) is 10.1 Å². The van der Waals surface area contributed by atoms with Crippen LogP contribution >= 0.6 is 11.3 Å². The summed E-state index contributed by atoms with van der Waals surface area (Å²) in [5, 5.41) is 9.61. The smallest absolute Gasteiger partial charge is 0.347 e. The predicted molar refractivity (Wildman–Crippen MR) is 53.6 cm³/mol. The topological polar surface area (TPSA) is 71.4 Å². The van der Waals surface area contributed by atoms with Crippen LogP contribution in [0.2, 0.25) is 0 Å². The molecule has 1 aromatic rings. The van der Waals surface area contributed by atoms with Gasteiger partial charge in [-0.05, 0) is 25.3 Å². The van der Waals surface area contributed by atoms with Gasteiger partial charge < -0.3 is 5.11 Å². The summed E-state index contributed by atoms with van der Waals surface area (Å²) >= 11 is 0.923. The highest BCUT2D eigenvalue weighted by atomic mass is 32.2. The lowest BCUT2D eigenvalue weighted by Crippen LogP contribution is -2.15. The Morgan fingerprint density at radius 2 is 2.07 bits per heavy atom. The van der Waals surface area contributed by atoms with E-state index in [0.717, 1.165) is 11.3 Å². The molecule has 4 nitrogen and oxygen atoms in total. The molecule has 0 aromatic carbocycles. The number of carboxylic acids is 1. The Kier molecular flexibility index (Phi) is 2.96. The third-order valence-corrected chi connectivity index (χ3v) is 4.98. The number of thiophene rings is 1. The van der Waals surface area contributed by atoms with Gasteiger partial charge >= 0.3 is 5.97 Å². The van der Waals surface area contributed by atoms with Crippen molar-refractivity contribution in [3.63, 3.8) is 0 Å². The van der Waals surface area contributed by atoms with Crippen LogP contribution in [0.5, 0.6) is 0 Å². The lowest BCUT2D eigenvalue weighted by atomic mass is 10.5. The number of sulfone groups is 1. The van der Waals surface area contributed by atoms with E-state index < -0.39 is 21.1 Å². The molecule has 1 heterocycles. The van der Waals surface area contributed by atoms with Crippen molar-refractivity contribution < 1.29 is 18.3 Å². The number of carboxylic acid groups (broad SMARTS) is 1. The van der Waals surface area contributed by atoms with Crippen LogP contribution < -0.4 is 0 Å². The van der Waals surface area contributed by atoms with E-state index >= 15 is 0 Å². The zero-order valence-corrected chi connectivity index (χ0v) is 9.35.